The first-order valence-corrected chi connectivity index (χ1v) is 6.64. The summed E-state index contributed by atoms with van der Waals surface area (Å²) < 4.78 is 2.08. The van der Waals surface area contributed by atoms with Gasteiger partial charge in [0.2, 0.25) is 0 Å². The summed E-state index contributed by atoms with van der Waals surface area (Å²) in [5, 5.41) is 4.44. The van der Waals surface area contributed by atoms with E-state index in [0.717, 1.165) is 18.8 Å². The van der Waals surface area contributed by atoms with E-state index >= 15 is 0 Å². The first-order valence-electron chi connectivity index (χ1n) is 6.64. The lowest BCUT2D eigenvalue weighted by Crippen LogP contribution is -2.41. The third-order valence-electron chi connectivity index (χ3n) is 4.16. The van der Waals surface area contributed by atoms with E-state index in [-0.39, 0.29) is 6.04 Å². The molecule has 0 spiro atoms. The normalized spacial score (nSPS) is 30.5. The molecule has 0 aliphatic heterocycles. The number of hydrogen-bond acceptors (Lipinski definition) is 2. The second kappa shape index (κ2) is 4.45. The lowest BCUT2D eigenvalue weighted by atomic mass is 9.70. The van der Waals surface area contributed by atoms with Crippen molar-refractivity contribution in [3.8, 4) is 0 Å². The first-order chi connectivity index (χ1) is 7.88. The standard InChI is InChI=1S/C14H25N3/c1-10-8-16-17(9-10)13-7-11(14(2,3)4)5-6-12(13)15/h8-9,11-13H,5-7,15H2,1-4H3. The predicted molar refractivity (Wildman–Crippen MR) is 70.8 cm³/mol. The highest BCUT2D eigenvalue weighted by molar-refractivity contribution is 5.02. The molecule has 0 bridgehead atoms. The van der Waals surface area contributed by atoms with Crippen molar-refractivity contribution in [2.45, 2.75) is 59.0 Å². The van der Waals surface area contributed by atoms with Gasteiger partial charge in [0.1, 0.15) is 0 Å². The van der Waals surface area contributed by atoms with Crippen LogP contribution in [0, 0.1) is 18.3 Å². The smallest absolute Gasteiger partial charge is 0.0672 e. The van der Waals surface area contributed by atoms with Crippen molar-refractivity contribution in [1.29, 1.82) is 0 Å². The quantitative estimate of drug-likeness (QED) is 0.813. The number of rotatable bonds is 1. The van der Waals surface area contributed by atoms with E-state index < -0.39 is 0 Å². The number of hydrogen-bond donors (Lipinski definition) is 1. The van der Waals surface area contributed by atoms with Crippen molar-refractivity contribution in [2.24, 2.45) is 17.1 Å². The minimum Gasteiger partial charge on any atom is -0.326 e. The highest BCUT2D eigenvalue weighted by Crippen LogP contribution is 2.41. The van der Waals surface area contributed by atoms with Crippen LogP contribution in [0.5, 0.6) is 0 Å². The molecule has 0 radical (unpaired) electrons. The summed E-state index contributed by atoms with van der Waals surface area (Å²) >= 11 is 0. The van der Waals surface area contributed by atoms with Crippen LogP contribution in [0.3, 0.4) is 0 Å². The Morgan fingerprint density at radius 2 is 2.06 bits per heavy atom. The summed E-state index contributed by atoms with van der Waals surface area (Å²) in [6.45, 7) is 9.08. The largest absolute Gasteiger partial charge is 0.326 e. The van der Waals surface area contributed by atoms with Crippen LogP contribution in [0.2, 0.25) is 0 Å². The lowest BCUT2D eigenvalue weighted by molar-refractivity contribution is 0.124. The second-order valence-electron chi connectivity index (χ2n) is 6.60. The van der Waals surface area contributed by atoms with Crippen LogP contribution in [-0.4, -0.2) is 15.8 Å². The molecule has 1 aromatic heterocycles. The van der Waals surface area contributed by atoms with E-state index in [0.29, 0.717) is 11.5 Å². The number of aromatic nitrogens is 2. The summed E-state index contributed by atoms with van der Waals surface area (Å²) in [4.78, 5) is 0. The van der Waals surface area contributed by atoms with E-state index in [1.54, 1.807) is 0 Å². The molecule has 96 valence electrons. The number of nitrogens with zero attached hydrogens (tertiary/aromatic N) is 2. The fourth-order valence-corrected chi connectivity index (χ4v) is 2.88. The third kappa shape index (κ3) is 2.71. The Kier molecular flexibility index (Phi) is 3.30. The van der Waals surface area contributed by atoms with Crippen LogP contribution in [0.15, 0.2) is 12.4 Å². The molecule has 17 heavy (non-hydrogen) atoms. The van der Waals surface area contributed by atoms with Crippen molar-refractivity contribution in [3.05, 3.63) is 18.0 Å². The van der Waals surface area contributed by atoms with E-state index in [1.807, 2.05) is 6.20 Å². The maximum absolute atomic E-state index is 6.26. The molecule has 1 aliphatic rings. The van der Waals surface area contributed by atoms with E-state index in [2.05, 4.69) is 43.7 Å². The fraction of sp³-hybridized carbons (Fsp3) is 0.786. The molecule has 1 heterocycles. The van der Waals surface area contributed by atoms with Crippen LogP contribution >= 0.6 is 0 Å². The Morgan fingerprint density at radius 3 is 2.59 bits per heavy atom. The Balaban J connectivity index is 2.15. The number of nitrogens with two attached hydrogens (primary N) is 1. The zero-order chi connectivity index (χ0) is 12.6. The minimum atomic E-state index is 0.257. The molecular weight excluding hydrogens is 210 g/mol. The Labute approximate surface area is 104 Å². The van der Waals surface area contributed by atoms with Gasteiger partial charge in [0.25, 0.3) is 0 Å². The van der Waals surface area contributed by atoms with Gasteiger partial charge < -0.3 is 5.73 Å². The van der Waals surface area contributed by atoms with E-state index in [1.165, 1.54) is 12.0 Å². The molecule has 3 heteroatoms. The Hall–Kier alpha value is -0.830. The molecular formula is C14H25N3. The Bertz CT molecular complexity index is 375. The minimum absolute atomic E-state index is 0.257. The van der Waals surface area contributed by atoms with Crippen LogP contribution < -0.4 is 5.73 Å². The van der Waals surface area contributed by atoms with Crippen molar-refractivity contribution in [2.75, 3.05) is 0 Å². The summed E-state index contributed by atoms with van der Waals surface area (Å²) in [5.41, 5.74) is 7.86. The molecule has 2 rings (SSSR count). The molecule has 1 aliphatic carbocycles. The van der Waals surface area contributed by atoms with Crippen LogP contribution in [0.25, 0.3) is 0 Å². The average molecular weight is 235 g/mol. The molecule has 0 saturated heterocycles. The van der Waals surface area contributed by atoms with Crippen LogP contribution in [0.1, 0.15) is 51.6 Å². The molecule has 1 aromatic rings. The van der Waals surface area contributed by atoms with E-state index in [9.17, 15) is 0 Å². The topological polar surface area (TPSA) is 43.8 Å². The van der Waals surface area contributed by atoms with Crippen LogP contribution in [0.4, 0.5) is 0 Å². The first kappa shape index (κ1) is 12.6. The maximum Gasteiger partial charge on any atom is 0.0672 e. The second-order valence-corrected chi connectivity index (χ2v) is 6.60. The highest BCUT2D eigenvalue weighted by atomic mass is 15.3. The van der Waals surface area contributed by atoms with Gasteiger partial charge in [-0.25, -0.2) is 0 Å². The van der Waals surface area contributed by atoms with Crippen molar-refractivity contribution < 1.29 is 0 Å². The van der Waals surface area contributed by atoms with Gasteiger partial charge >= 0.3 is 0 Å². The molecule has 1 saturated carbocycles. The van der Waals surface area contributed by atoms with Crippen molar-refractivity contribution >= 4 is 0 Å². The van der Waals surface area contributed by atoms with Crippen LogP contribution in [-0.2, 0) is 0 Å². The summed E-state index contributed by atoms with van der Waals surface area (Å²) in [7, 11) is 0. The Morgan fingerprint density at radius 1 is 1.35 bits per heavy atom. The van der Waals surface area contributed by atoms with Gasteiger partial charge in [0.05, 0.1) is 12.2 Å². The van der Waals surface area contributed by atoms with Gasteiger partial charge in [-0.1, -0.05) is 20.8 Å². The summed E-state index contributed by atoms with van der Waals surface area (Å²) in [6, 6.07) is 0.634. The highest BCUT2D eigenvalue weighted by Gasteiger charge is 2.35. The molecule has 1 fully saturated rings. The monoisotopic (exact) mass is 235 g/mol. The molecule has 3 unspecified atom stereocenters. The third-order valence-corrected chi connectivity index (χ3v) is 4.16. The summed E-state index contributed by atoms with van der Waals surface area (Å²) in [6.07, 6.45) is 7.57. The van der Waals surface area contributed by atoms with Gasteiger partial charge in [-0.2, -0.15) is 5.10 Å². The summed E-state index contributed by atoms with van der Waals surface area (Å²) in [5.74, 6) is 0.747. The van der Waals surface area contributed by atoms with Gasteiger partial charge in [-0.3, -0.25) is 4.68 Å². The molecule has 3 nitrogen and oxygen atoms in total. The van der Waals surface area contributed by atoms with Gasteiger partial charge in [0, 0.05) is 12.2 Å². The zero-order valence-corrected chi connectivity index (χ0v) is 11.5. The van der Waals surface area contributed by atoms with Gasteiger partial charge in [-0.05, 0) is 43.1 Å². The van der Waals surface area contributed by atoms with E-state index in [4.69, 9.17) is 5.73 Å². The maximum atomic E-state index is 6.26. The molecule has 2 N–H and O–H groups in total. The predicted octanol–water partition coefficient (Wildman–Crippen LogP) is 2.91. The van der Waals surface area contributed by atoms with Gasteiger partial charge in [0.15, 0.2) is 0 Å². The SMILES string of the molecule is Cc1cnn(C2CC(C(C)(C)C)CCC2N)c1. The average Bonchev–Trinajstić information content (AvgIpc) is 2.63. The zero-order valence-electron chi connectivity index (χ0n) is 11.5. The van der Waals surface area contributed by atoms with Crippen molar-refractivity contribution in [3.63, 3.8) is 0 Å². The molecule has 0 aromatic carbocycles. The van der Waals surface area contributed by atoms with Crippen molar-refractivity contribution in [1.82, 2.24) is 9.78 Å². The fourth-order valence-electron chi connectivity index (χ4n) is 2.88. The molecule has 0 amide bonds. The molecule has 3 atom stereocenters. The number of aryl methyl sites for hydroxylation is 1. The lowest BCUT2D eigenvalue weighted by Gasteiger charge is -2.40. The van der Waals surface area contributed by atoms with Gasteiger partial charge in [-0.15, -0.1) is 0 Å².